The number of anilines is 1. The molecule has 0 aliphatic rings. The molecule has 1 rings (SSSR count). The van der Waals surface area contributed by atoms with Crippen molar-refractivity contribution in [2.75, 3.05) is 11.0 Å². The number of nitrogens with one attached hydrogen (secondary N) is 2. The van der Waals surface area contributed by atoms with Crippen LogP contribution in [0.5, 0.6) is 0 Å². The molecule has 0 fully saturated rings. The highest BCUT2D eigenvalue weighted by molar-refractivity contribution is 7.92. The van der Waals surface area contributed by atoms with Gasteiger partial charge in [0, 0.05) is 0 Å². The van der Waals surface area contributed by atoms with Crippen molar-refractivity contribution in [2.45, 2.75) is 37.1 Å². The molecule has 0 aromatic heterocycles. The first-order chi connectivity index (χ1) is 11.0. The van der Waals surface area contributed by atoms with Gasteiger partial charge in [-0.25, -0.2) is 21.2 Å². The second kappa shape index (κ2) is 7.90. The highest BCUT2D eigenvalue weighted by atomic mass is 32.2. The van der Waals surface area contributed by atoms with Gasteiger partial charge in [-0.3, -0.25) is 9.52 Å². The van der Waals surface area contributed by atoms with Crippen molar-refractivity contribution in [1.82, 2.24) is 4.72 Å². The van der Waals surface area contributed by atoms with Crippen LogP contribution in [0.2, 0.25) is 0 Å². The van der Waals surface area contributed by atoms with Crippen LogP contribution >= 0.6 is 0 Å². The van der Waals surface area contributed by atoms with Gasteiger partial charge in [0.1, 0.15) is 11.9 Å². The van der Waals surface area contributed by atoms with Gasteiger partial charge in [0.15, 0.2) is 0 Å². The summed E-state index contributed by atoms with van der Waals surface area (Å²) in [7, 11) is -7.99. The molecule has 0 bridgehead atoms. The molecular formula is C13H19FN2O6S2. The Labute approximate surface area is 140 Å². The average molecular weight is 382 g/mol. The summed E-state index contributed by atoms with van der Waals surface area (Å²) in [6.07, 6.45) is 2.11. The number of benzene rings is 1. The largest absolute Gasteiger partial charge is 0.480 e. The minimum absolute atomic E-state index is 0.0985. The predicted molar refractivity (Wildman–Crippen MR) is 86.1 cm³/mol. The Morgan fingerprint density at radius 3 is 2.38 bits per heavy atom. The SMILES string of the molecule is CCCC[C@H](NS(=O)(=O)c1ccc(NS(C)(=O)=O)c(F)c1)C(=O)O. The lowest BCUT2D eigenvalue weighted by molar-refractivity contribution is -0.139. The van der Waals surface area contributed by atoms with E-state index in [-0.39, 0.29) is 6.42 Å². The zero-order valence-corrected chi connectivity index (χ0v) is 14.7. The number of unbranched alkanes of at least 4 members (excludes halogenated alkanes) is 1. The first-order valence-electron chi connectivity index (χ1n) is 6.98. The van der Waals surface area contributed by atoms with E-state index in [0.29, 0.717) is 18.9 Å². The number of hydrogen-bond acceptors (Lipinski definition) is 5. The molecule has 136 valence electrons. The molecule has 0 heterocycles. The van der Waals surface area contributed by atoms with Crippen LogP contribution in [0.25, 0.3) is 0 Å². The van der Waals surface area contributed by atoms with Gasteiger partial charge < -0.3 is 5.11 Å². The summed E-state index contributed by atoms with van der Waals surface area (Å²) in [6, 6.07) is 1.23. The lowest BCUT2D eigenvalue weighted by Gasteiger charge is -2.15. The monoisotopic (exact) mass is 382 g/mol. The molecule has 11 heteroatoms. The van der Waals surface area contributed by atoms with Crippen LogP contribution in [0.1, 0.15) is 26.2 Å². The first kappa shape index (κ1) is 20.3. The molecule has 0 amide bonds. The first-order valence-corrected chi connectivity index (χ1v) is 10.4. The summed E-state index contributed by atoms with van der Waals surface area (Å²) in [5.41, 5.74) is -0.405. The molecule has 1 aromatic carbocycles. The Morgan fingerprint density at radius 2 is 1.92 bits per heavy atom. The lowest BCUT2D eigenvalue weighted by atomic mass is 10.1. The van der Waals surface area contributed by atoms with Crippen molar-refractivity contribution in [2.24, 2.45) is 0 Å². The molecule has 0 unspecified atom stereocenters. The zero-order valence-electron chi connectivity index (χ0n) is 13.1. The Hall–Kier alpha value is -1.72. The van der Waals surface area contributed by atoms with Gasteiger partial charge in [-0.15, -0.1) is 0 Å². The Bertz CT molecular complexity index is 808. The molecule has 0 saturated carbocycles. The molecule has 0 spiro atoms. The highest BCUT2D eigenvalue weighted by Gasteiger charge is 2.25. The van der Waals surface area contributed by atoms with Crippen LogP contribution in [0, 0.1) is 5.82 Å². The number of sulfonamides is 2. The lowest BCUT2D eigenvalue weighted by Crippen LogP contribution is -2.40. The van der Waals surface area contributed by atoms with Gasteiger partial charge in [-0.05, 0) is 24.6 Å². The molecule has 0 radical (unpaired) electrons. The van der Waals surface area contributed by atoms with Gasteiger partial charge in [0.2, 0.25) is 20.0 Å². The number of halogens is 1. The molecule has 24 heavy (non-hydrogen) atoms. The molecule has 0 saturated heterocycles. The fourth-order valence-corrected chi connectivity index (χ4v) is 3.64. The van der Waals surface area contributed by atoms with Gasteiger partial charge in [0.05, 0.1) is 16.8 Å². The number of carbonyl (C=O) groups is 1. The molecule has 3 N–H and O–H groups in total. The number of aliphatic carboxylic acids is 1. The van der Waals surface area contributed by atoms with E-state index in [9.17, 15) is 26.0 Å². The van der Waals surface area contributed by atoms with E-state index in [1.165, 1.54) is 0 Å². The van der Waals surface area contributed by atoms with Crippen molar-refractivity contribution in [3.05, 3.63) is 24.0 Å². The third-order valence-electron chi connectivity index (χ3n) is 2.99. The van der Waals surface area contributed by atoms with E-state index in [1.807, 2.05) is 16.4 Å². The smallest absolute Gasteiger partial charge is 0.321 e. The summed E-state index contributed by atoms with van der Waals surface area (Å²) in [6.45, 7) is 1.83. The quantitative estimate of drug-likeness (QED) is 0.587. The van der Waals surface area contributed by atoms with Crippen LogP contribution in [0.3, 0.4) is 0 Å². The summed E-state index contributed by atoms with van der Waals surface area (Å²) in [5.74, 6) is -2.42. The number of carboxylic acid groups (broad SMARTS) is 1. The second-order valence-corrected chi connectivity index (χ2v) is 8.63. The molecule has 0 aliphatic heterocycles. The Balaban J connectivity index is 3.06. The summed E-state index contributed by atoms with van der Waals surface area (Å²) >= 11 is 0. The van der Waals surface area contributed by atoms with Crippen molar-refractivity contribution in [3.63, 3.8) is 0 Å². The van der Waals surface area contributed by atoms with Crippen LogP contribution in [-0.2, 0) is 24.8 Å². The van der Waals surface area contributed by atoms with Gasteiger partial charge in [-0.1, -0.05) is 19.8 Å². The van der Waals surface area contributed by atoms with Crippen LogP contribution in [0.4, 0.5) is 10.1 Å². The van der Waals surface area contributed by atoms with E-state index in [2.05, 4.69) is 0 Å². The maximum atomic E-state index is 13.9. The standard InChI is InChI=1S/C13H19FN2O6S2/c1-3-4-5-12(13(17)18)16-24(21,22)9-6-7-11(10(14)8-9)15-23(2,19)20/h6-8,12,15-16H,3-5H2,1-2H3,(H,17,18)/t12-/m0/s1. The highest BCUT2D eigenvalue weighted by Crippen LogP contribution is 2.20. The topological polar surface area (TPSA) is 130 Å². The normalized spacial score (nSPS) is 13.5. The van der Waals surface area contributed by atoms with E-state index >= 15 is 0 Å². The Morgan fingerprint density at radius 1 is 1.29 bits per heavy atom. The number of hydrogen-bond donors (Lipinski definition) is 3. The fourth-order valence-electron chi connectivity index (χ4n) is 1.84. The van der Waals surface area contributed by atoms with Crippen molar-refractivity contribution >= 4 is 31.7 Å². The maximum absolute atomic E-state index is 13.9. The maximum Gasteiger partial charge on any atom is 0.321 e. The van der Waals surface area contributed by atoms with Crippen molar-refractivity contribution in [1.29, 1.82) is 0 Å². The third-order valence-corrected chi connectivity index (χ3v) is 5.05. The van der Waals surface area contributed by atoms with Crippen molar-refractivity contribution in [3.8, 4) is 0 Å². The van der Waals surface area contributed by atoms with Gasteiger partial charge in [0.25, 0.3) is 0 Å². The van der Waals surface area contributed by atoms with E-state index in [1.54, 1.807) is 0 Å². The van der Waals surface area contributed by atoms with Crippen molar-refractivity contribution < 1.29 is 31.1 Å². The molecule has 0 aliphatic carbocycles. The summed E-state index contributed by atoms with van der Waals surface area (Å²) < 4.78 is 64.3. The number of carboxylic acids is 1. The molecule has 1 aromatic rings. The molecular weight excluding hydrogens is 363 g/mol. The minimum Gasteiger partial charge on any atom is -0.480 e. The Kier molecular flexibility index (Phi) is 6.69. The van der Waals surface area contributed by atoms with E-state index in [4.69, 9.17) is 5.11 Å². The van der Waals surface area contributed by atoms with Crippen LogP contribution < -0.4 is 9.44 Å². The minimum atomic E-state index is -4.27. The predicted octanol–water partition coefficient (Wildman–Crippen LogP) is 1.12. The third kappa shape index (κ3) is 6.06. The second-order valence-electron chi connectivity index (χ2n) is 5.17. The van der Waals surface area contributed by atoms with Crippen LogP contribution in [0.15, 0.2) is 23.1 Å². The van der Waals surface area contributed by atoms with E-state index < -0.39 is 48.5 Å². The van der Waals surface area contributed by atoms with E-state index in [0.717, 1.165) is 18.4 Å². The number of rotatable bonds is 9. The van der Waals surface area contributed by atoms with Gasteiger partial charge >= 0.3 is 5.97 Å². The summed E-state index contributed by atoms with van der Waals surface area (Å²) in [4.78, 5) is 10.6. The van der Waals surface area contributed by atoms with Gasteiger partial charge in [-0.2, -0.15) is 4.72 Å². The van der Waals surface area contributed by atoms with Crippen LogP contribution in [-0.4, -0.2) is 40.2 Å². The summed E-state index contributed by atoms with van der Waals surface area (Å²) in [5, 5.41) is 9.06. The average Bonchev–Trinajstić information content (AvgIpc) is 2.43. The molecule has 1 atom stereocenters. The fraction of sp³-hybridized carbons (Fsp3) is 0.462. The zero-order chi connectivity index (χ0) is 18.5. The molecule has 8 nitrogen and oxygen atoms in total.